The summed E-state index contributed by atoms with van der Waals surface area (Å²) < 4.78 is 6.58. The highest BCUT2D eigenvalue weighted by Crippen LogP contribution is 2.24. The molecule has 134 valence electrons. The third-order valence-electron chi connectivity index (χ3n) is 4.52. The smallest absolute Gasteiger partial charge is 0.278 e. The van der Waals surface area contributed by atoms with Crippen molar-refractivity contribution in [3.05, 3.63) is 59.1 Å². The Morgan fingerprint density at radius 2 is 2.04 bits per heavy atom. The van der Waals surface area contributed by atoms with E-state index in [0.717, 1.165) is 24.9 Å². The van der Waals surface area contributed by atoms with Crippen molar-refractivity contribution in [3.8, 4) is 5.69 Å². The van der Waals surface area contributed by atoms with E-state index < -0.39 is 0 Å². The van der Waals surface area contributed by atoms with Crippen LogP contribution in [0.1, 0.15) is 25.2 Å². The molecule has 0 aromatic carbocycles. The van der Waals surface area contributed by atoms with Gasteiger partial charge in [-0.15, -0.1) is 0 Å². The Morgan fingerprint density at radius 1 is 1.19 bits per heavy atom. The van der Waals surface area contributed by atoms with Gasteiger partial charge in [0.2, 0.25) is 5.89 Å². The van der Waals surface area contributed by atoms with E-state index in [2.05, 4.69) is 25.8 Å². The Morgan fingerprint density at radius 3 is 2.77 bits per heavy atom. The molecule has 4 rings (SSSR count). The molecule has 26 heavy (non-hydrogen) atoms. The van der Waals surface area contributed by atoms with Gasteiger partial charge in [0.05, 0.1) is 11.9 Å². The van der Waals surface area contributed by atoms with E-state index in [-0.39, 0.29) is 17.6 Å². The number of hydrogen-bond acceptors (Lipinski definition) is 7. The molecule has 2 N–H and O–H groups in total. The van der Waals surface area contributed by atoms with Crippen LogP contribution in [0.3, 0.4) is 0 Å². The third-order valence-corrected chi connectivity index (χ3v) is 4.52. The van der Waals surface area contributed by atoms with E-state index in [0.29, 0.717) is 17.5 Å². The lowest BCUT2D eigenvalue weighted by molar-refractivity contribution is 0.394. The zero-order chi connectivity index (χ0) is 17.9. The molecule has 0 amide bonds. The first kappa shape index (κ1) is 16.3. The maximum absolute atomic E-state index is 12.8. The summed E-state index contributed by atoms with van der Waals surface area (Å²) in [4.78, 5) is 21.0. The summed E-state index contributed by atoms with van der Waals surface area (Å²) in [5, 5.41) is 10.5. The monoisotopic (exact) mass is 352 g/mol. The molecule has 0 unspecified atom stereocenters. The van der Waals surface area contributed by atoms with Crippen molar-refractivity contribution < 1.29 is 4.52 Å². The van der Waals surface area contributed by atoms with Crippen LogP contribution in [-0.2, 0) is 0 Å². The summed E-state index contributed by atoms with van der Waals surface area (Å²) in [7, 11) is 0. The quantitative estimate of drug-likeness (QED) is 0.727. The molecule has 0 radical (unpaired) electrons. The zero-order valence-corrected chi connectivity index (χ0v) is 14.4. The summed E-state index contributed by atoms with van der Waals surface area (Å²) in [5.74, 6) is 1.06. The topological polar surface area (TPSA) is 97.9 Å². The molecule has 0 spiro atoms. The van der Waals surface area contributed by atoms with Crippen LogP contribution in [0, 0.1) is 6.92 Å². The van der Waals surface area contributed by atoms with E-state index in [1.807, 2.05) is 24.3 Å². The summed E-state index contributed by atoms with van der Waals surface area (Å²) in [6.07, 6.45) is 7.95. The molecule has 0 bridgehead atoms. The maximum Gasteiger partial charge on any atom is 0.278 e. The number of nitrogens with zero attached hydrogens (tertiary/aromatic N) is 4. The molecule has 1 saturated carbocycles. The van der Waals surface area contributed by atoms with Gasteiger partial charge in [-0.3, -0.25) is 14.3 Å². The first-order valence-electron chi connectivity index (χ1n) is 8.64. The highest BCUT2D eigenvalue weighted by atomic mass is 16.5. The predicted molar refractivity (Wildman–Crippen MR) is 97.5 cm³/mol. The zero-order valence-electron chi connectivity index (χ0n) is 14.4. The second-order valence-electron chi connectivity index (χ2n) is 6.44. The van der Waals surface area contributed by atoms with Crippen molar-refractivity contribution in [2.24, 2.45) is 0 Å². The molecular weight excluding hydrogens is 332 g/mol. The summed E-state index contributed by atoms with van der Waals surface area (Å²) in [6.45, 7) is 1.76. The Labute approximate surface area is 150 Å². The second-order valence-corrected chi connectivity index (χ2v) is 6.44. The Kier molecular flexibility index (Phi) is 4.39. The third kappa shape index (κ3) is 3.44. The molecule has 8 nitrogen and oxygen atoms in total. The number of pyridine rings is 2. The summed E-state index contributed by atoms with van der Waals surface area (Å²) in [5.41, 5.74) is 1.27. The molecule has 0 aliphatic heterocycles. The predicted octanol–water partition coefficient (Wildman–Crippen LogP) is 2.37. The maximum atomic E-state index is 12.8. The number of nitrogens with one attached hydrogen (secondary N) is 2. The lowest BCUT2D eigenvalue weighted by Crippen LogP contribution is -2.27. The normalized spacial score (nSPS) is 19.4. The Hall–Kier alpha value is -3.16. The Balaban J connectivity index is 1.44. The van der Waals surface area contributed by atoms with Crippen LogP contribution in [0.4, 0.5) is 11.6 Å². The van der Waals surface area contributed by atoms with Crippen LogP contribution >= 0.6 is 0 Å². The van der Waals surface area contributed by atoms with Crippen LogP contribution in [0.2, 0.25) is 0 Å². The summed E-state index contributed by atoms with van der Waals surface area (Å²) in [6, 6.07) is 7.84. The minimum absolute atomic E-state index is 0.0781. The van der Waals surface area contributed by atoms with Gasteiger partial charge >= 0.3 is 0 Å². The number of anilines is 2. The molecule has 0 saturated heterocycles. The number of rotatable bonds is 5. The van der Waals surface area contributed by atoms with Crippen molar-refractivity contribution in [3.63, 3.8) is 0 Å². The van der Waals surface area contributed by atoms with Crippen molar-refractivity contribution in [1.82, 2.24) is 19.7 Å². The molecule has 1 aliphatic carbocycles. The van der Waals surface area contributed by atoms with Crippen molar-refractivity contribution >= 4 is 11.6 Å². The fraction of sp³-hybridized carbons (Fsp3) is 0.333. The standard InChI is InChI=1S/C18H20N6O2/c1-12-20-18(23-26-12)22-14-7-6-13(10-14)21-16-5-3-9-24(17(16)25)15-4-2-8-19-11-15/h2-5,8-9,11,13-14,21H,6-7,10H2,1H3,(H,22,23)/t13-,14-/m0/s1. The number of aryl methyl sites for hydroxylation is 1. The van der Waals surface area contributed by atoms with Crippen molar-refractivity contribution in [1.29, 1.82) is 0 Å². The van der Waals surface area contributed by atoms with Crippen LogP contribution < -0.4 is 16.2 Å². The molecule has 3 aromatic rings. The molecular formula is C18H20N6O2. The largest absolute Gasteiger partial charge is 0.378 e. The molecule has 1 fully saturated rings. The van der Waals surface area contributed by atoms with E-state index in [1.54, 1.807) is 30.1 Å². The van der Waals surface area contributed by atoms with Gasteiger partial charge in [0.25, 0.3) is 11.5 Å². The summed E-state index contributed by atoms with van der Waals surface area (Å²) >= 11 is 0. The lowest BCUT2D eigenvalue weighted by atomic mass is 10.2. The highest BCUT2D eigenvalue weighted by molar-refractivity contribution is 5.45. The fourth-order valence-corrected chi connectivity index (χ4v) is 3.31. The molecule has 2 atom stereocenters. The van der Waals surface area contributed by atoms with E-state index in [1.165, 1.54) is 0 Å². The molecule has 3 aromatic heterocycles. The molecule has 3 heterocycles. The first-order valence-corrected chi connectivity index (χ1v) is 8.64. The minimum Gasteiger partial charge on any atom is -0.378 e. The van der Waals surface area contributed by atoms with Crippen LogP contribution in [-0.4, -0.2) is 31.8 Å². The van der Waals surface area contributed by atoms with Crippen LogP contribution in [0.15, 0.2) is 52.2 Å². The Bertz CT molecular complexity index is 936. The van der Waals surface area contributed by atoms with Gasteiger partial charge in [-0.1, -0.05) is 0 Å². The highest BCUT2D eigenvalue weighted by Gasteiger charge is 2.26. The van der Waals surface area contributed by atoms with E-state index in [4.69, 9.17) is 4.52 Å². The second kappa shape index (κ2) is 6.99. The van der Waals surface area contributed by atoms with Crippen molar-refractivity contribution in [2.45, 2.75) is 38.3 Å². The van der Waals surface area contributed by atoms with Crippen LogP contribution in [0.5, 0.6) is 0 Å². The molecule has 1 aliphatic rings. The lowest BCUT2D eigenvalue weighted by Gasteiger charge is -2.15. The first-order chi connectivity index (χ1) is 12.7. The van der Waals surface area contributed by atoms with E-state index in [9.17, 15) is 4.79 Å². The number of hydrogen-bond donors (Lipinski definition) is 2. The minimum atomic E-state index is -0.0781. The average molecular weight is 352 g/mol. The van der Waals surface area contributed by atoms with Crippen LogP contribution in [0.25, 0.3) is 5.69 Å². The number of aromatic nitrogens is 4. The van der Waals surface area contributed by atoms with Gasteiger partial charge in [-0.2, -0.15) is 4.98 Å². The van der Waals surface area contributed by atoms with Gasteiger partial charge in [-0.25, -0.2) is 0 Å². The van der Waals surface area contributed by atoms with Gasteiger partial charge in [0, 0.05) is 31.4 Å². The van der Waals surface area contributed by atoms with Crippen molar-refractivity contribution in [2.75, 3.05) is 10.6 Å². The van der Waals surface area contributed by atoms with Gasteiger partial charge in [0.1, 0.15) is 5.69 Å². The van der Waals surface area contributed by atoms with Gasteiger partial charge in [-0.05, 0) is 48.7 Å². The average Bonchev–Trinajstić information content (AvgIpc) is 3.27. The molecule has 8 heteroatoms. The van der Waals surface area contributed by atoms with Gasteiger partial charge in [0.15, 0.2) is 0 Å². The SMILES string of the molecule is Cc1nc(N[C@H]2CC[C@H](Nc3cccn(-c4cccnc4)c3=O)C2)no1. The fourth-order valence-electron chi connectivity index (χ4n) is 3.31. The van der Waals surface area contributed by atoms with E-state index >= 15 is 0 Å². The van der Waals surface area contributed by atoms with Gasteiger partial charge < -0.3 is 15.2 Å².